The van der Waals surface area contributed by atoms with Crippen LogP contribution in [0, 0.1) is 0 Å². The van der Waals surface area contributed by atoms with E-state index in [1.807, 2.05) is 30.3 Å². The summed E-state index contributed by atoms with van der Waals surface area (Å²) in [6.07, 6.45) is 3.41. The second kappa shape index (κ2) is 10.7. The van der Waals surface area contributed by atoms with E-state index in [2.05, 4.69) is 35.9 Å². The molecule has 2 aromatic carbocycles. The van der Waals surface area contributed by atoms with Gasteiger partial charge in [0.05, 0.1) is 10.5 Å². The van der Waals surface area contributed by atoms with Crippen LogP contribution in [-0.2, 0) is 4.79 Å². The second-order valence-electron chi connectivity index (χ2n) is 6.93. The van der Waals surface area contributed by atoms with E-state index in [4.69, 9.17) is 0 Å². The summed E-state index contributed by atoms with van der Waals surface area (Å²) in [6, 6.07) is 14.2. The number of rotatable bonds is 8. The van der Waals surface area contributed by atoms with Crippen LogP contribution in [0.5, 0.6) is 5.75 Å². The van der Waals surface area contributed by atoms with Crippen LogP contribution < -0.4 is 10.3 Å². The molecule has 166 valence electrons. The molecule has 1 heterocycles. The number of carbonyl (C=O) groups is 2. The third kappa shape index (κ3) is 5.20. The lowest BCUT2D eigenvalue weighted by atomic mass is 10.1. The van der Waals surface area contributed by atoms with E-state index in [1.54, 1.807) is 18.2 Å². The zero-order valence-corrected chi connectivity index (χ0v) is 18.9. The molecule has 2 N–H and O–H groups in total. The number of benzene rings is 2. The van der Waals surface area contributed by atoms with Gasteiger partial charge in [0.25, 0.3) is 11.8 Å². The minimum atomic E-state index is -0.563. The Labute approximate surface area is 192 Å². The molecular formula is C24H26N4O3S. The van der Waals surface area contributed by atoms with Gasteiger partial charge in [0.2, 0.25) is 0 Å². The molecule has 2 amide bonds. The Balaban J connectivity index is 1.80. The number of phenols is 1. The summed E-state index contributed by atoms with van der Waals surface area (Å²) >= 11 is 1.17. The Morgan fingerprint density at radius 2 is 1.88 bits per heavy atom. The van der Waals surface area contributed by atoms with Crippen molar-refractivity contribution in [3.8, 4) is 5.75 Å². The summed E-state index contributed by atoms with van der Waals surface area (Å²) in [6.45, 7) is 10.0. The molecule has 0 bridgehead atoms. The van der Waals surface area contributed by atoms with Gasteiger partial charge >= 0.3 is 0 Å². The standard InChI is InChI=1S/C24H26N4O3S/c1-4-15-28-23(31)21(16-17-11-13-18(14-12-17)27(5-2)6-3)32-24(28)26-25-22(30)19-9-7-8-10-20(19)29/h4,7-14,16,29H,1,5-6,15H2,2-3H3,(H,25,30)/b21-16-,26-24+. The van der Waals surface area contributed by atoms with Gasteiger partial charge in [-0.2, -0.15) is 0 Å². The molecule has 2 aromatic rings. The average molecular weight is 451 g/mol. The number of nitrogens with zero attached hydrogens (tertiary/aromatic N) is 3. The fourth-order valence-electron chi connectivity index (χ4n) is 3.23. The molecule has 1 aliphatic heterocycles. The van der Waals surface area contributed by atoms with Crippen LogP contribution in [-0.4, -0.2) is 46.6 Å². The second-order valence-corrected chi connectivity index (χ2v) is 7.94. The average Bonchev–Trinajstić information content (AvgIpc) is 3.09. The molecule has 1 aliphatic rings. The highest BCUT2D eigenvalue weighted by atomic mass is 32.2. The largest absolute Gasteiger partial charge is 0.507 e. The highest BCUT2D eigenvalue weighted by Gasteiger charge is 2.33. The number of amidine groups is 1. The molecule has 7 nitrogen and oxygen atoms in total. The number of aromatic hydroxyl groups is 1. The first-order valence-corrected chi connectivity index (χ1v) is 11.1. The van der Waals surface area contributed by atoms with Crippen LogP contribution in [0.2, 0.25) is 0 Å². The number of hydrogen-bond acceptors (Lipinski definition) is 6. The van der Waals surface area contributed by atoms with Gasteiger partial charge in [-0.25, -0.2) is 5.43 Å². The van der Waals surface area contributed by atoms with E-state index >= 15 is 0 Å². The molecule has 32 heavy (non-hydrogen) atoms. The van der Waals surface area contributed by atoms with Crippen molar-refractivity contribution < 1.29 is 14.7 Å². The topological polar surface area (TPSA) is 85.2 Å². The molecule has 3 rings (SSSR count). The predicted molar refractivity (Wildman–Crippen MR) is 130 cm³/mol. The van der Waals surface area contributed by atoms with Crippen LogP contribution in [0.1, 0.15) is 29.8 Å². The number of nitrogens with one attached hydrogen (secondary N) is 1. The zero-order valence-electron chi connectivity index (χ0n) is 18.1. The van der Waals surface area contributed by atoms with Gasteiger partial charge in [0.1, 0.15) is 5.75 Å². The number of anilines is 1. The Morgan fingerprint density at radius 3 is 2.50 bits per heavy atom. The van der Waals surface area contributed by atoms with Gasteiger partial charge in [-0.15, -0.1) is 11.7 Å². The van der Waals surface area contributed by atoms with Crippen molar-refractivity contribution in [3.05, 3.63) is 77.2 Å². The van der Waals surface area contributed by atoms with Crippen LogP contribution in [0.15, 0.2) is 71.2 Å². The van der Waals surface area contributed by atoms with Gasteiger partial charge in [-0.3, -0.25) is 14.5 Å². The molecule has 8 heteroatoms. The van der Waals surface area contributed by atoms with Crippen LogP contribution in [0.25, 0.3) is 6.08 Å². The zero-order chi connectivity index (χ0) is 23.1. The number of phenolic OH excluding ortho intramolecular Hbond substituents is 1. The number of thioether (sulfide) groups is 1. The van der Waals surface area contributed by atoms with Crippen LogP contribution in [0.3, 0.4) is 0 Å². The molecule has 1 saturated heterocycles. The lowest BCUT2D eigenvalue weighted by Gasteiger charge is -2.20. The van der Waals surface area contributed by atoms with Crippen molar-refractivity contribution in [2.75, 3.05) is 24.5 Å². The summed E-state index contributed by atoms with van der Waals surface area (Å²) in [7, 11) is 0. The number of carbonyl (C=O) groups excluding carboxylic acids is 2. The number of amides is 2. The third-order valence-corrected chi connectivity index (χ3v) is 5.93. The van der Waals surface area contributed by atoms with E-state index in [0.717, 1.165) is 24.3 Å². The van der Waals surface area contributed by atoms with Gasteiger partial charge in [0.15, 0.2) is 5.17 Å². The normalized spacial score (nSPS) is 15.9. The Morgan fingerprint density at radius 1 is 1.19 bits per heavy atom. The molecule has 0 saturated carbocycles. The molecule has 0 unspecified atom stereocenters. The minimum absolute atomic E-state index is 0.102. The van der Waals surface area contributed by atoms with Crippen molar-refractivity contribution >= 4 is 40.5 Å². The SMILES string of the molecule is C=CCN1C(=O)/C(=C/c2ccc(N(CC)CC)cc2)S/C1=N/NC(=O)c1ccccc1O. The summed E-state index contributed by atoms with van der Waals surface area (Å²) < 4.78 is 0. The summed E-state index contributed by atoms with van der Waals surface area (Å²) in [5, 5.41) is 14.3. The van der Waals surface area contributed by atoms with Gasteiger partial charge in [0, 0.05) is 25.3 Å². The molecule has 0 atom stereocenters. The van der Waals surface area contributed by atoms with E-state index in [0.29, 0.717) is 10.1 Å². The van der Waals surface area contributed by atoms with E-state index < -0.39 is 5.91 Å². The third-order valence-electron chi connectivity index (χ3n) is 4.92. The van der Waals surface area contributed by atoms with Gasteiger partial charge < -0.3 is 10.0 Å². The lowest BCUT2D eigenvalue weighted by molar-refractivity contribution is -0.121. The van der Waals surface area contributed by atoms with Crippen molar-refractivity contribution in [3.63, 3.8) is 0 Å². The molecule has 1 fully saturated rings. The summed E-state index contributed by atoms with van der Waals surface area (Å²) in [4.78, 5) is 29.4. The Bertz CT molecular complexity index is 1060. The Kier molecular flexibility index (Phi) is 7.72. The van der Waals surface area contributed by atoms with Gasteiger partial charge in [-0.05, 0) is 61.5 Å². The summed E-state index contributed by atoms with van der Waals surface area (Å²) in [5.74, 6) is -0.915. The van der Waals surface area contributed by atoms with Crippen molar-refractivity contribution in [2.24, 2.45) is 5.10 Å². The van der Waals surface area contributed by atoms with Crippen LogP contribution >= 0.6 is 11.8 Å². The van der Waals surface area contributed by atoms with Crippen molar-refractivity contribution in [2.45, 2.75) is 13.8 Å². The first-order valence-electron chi connectivity index (χ1n) is 10.3. The molecular weight excluding hydrogens is 424 g/mol. The van der Waals surface area contributed by atoms with Crippen LogP contribution in [0.4, 0.5) is 5.69 Å². The lowest BCUT2D eigenvalue weighted by Crippen LogP contribution is -2.31. The molecule has 0 spiro atoms. The fraction of sp³-hybridized carbons (Fsp3) is 0.208. The van der Waals surface area contributed by atoms with Crippen molar-refractivity contribution in [1.82, 2.24) is 10.3 Å². The van der Waals surface area contributed by atoms with E-state index in [-0.39, 0.29) is 23.8 Å². The van der Waals surface area contributed by atoms with Crippen molar-refractivity contribution in [1.29, 1.82) is 0 Å². The van der Waals surface area contributed by atoms with E-state index in [1.165, 1.54) is 28.8 Å². The van der Waals surface area contributed by atoms with E-state index in [9.17, 15) is 14.7 Å². The number of para-hydroxylation sites is 1. The molecule has 0 radical (unpaired) electrons. The Hall–Kier alpha value is -3.52. The quantitative estimate of drug-likeness (QED) is 0.360. The number of hydrogen-bond donors (Lipinski definition) is 2. The predicted octanol–water partition coefficient (Wildman–Crippen LogP) is 4.04. The first kappa shape index (κ1) is 23.1. The maximum atomic E-state index is 12.9. The fourth-order valence-corrected chi connectivity index (χ4v) is 4.18. The first-order chi connectivity index (χ1) is 15.5. The summed E-state index contributed by atoms with van der Waals surface area (Å²) in [5.41, 5.74) is 4.55. The molecule has 0 aromatic heterocycles. The number of hydrazone groups is 1. The minimum Gasteiger partial charge on any atom is -0.507 e. The monoisotopic (exact) mass is 450 g/mol. The highest BCUT2D eigenvalue weighted by Crippen LogP contribution is 2.32. The highest BCUT2D eigenvalue weighted by molar-refractivity contribution is 8.18. The maximum Gasteiger partial charge on any atom is 0.275 e. The maximum absolute atomic E-state index is 12.9. The molecule has 0 aliphatic carbocycles. The smallest absolute Gasteiger partial charge is 0.275 e. The van der Waals surface area contributed by atoms with Gasteiger partial charge in [-0.1, -0.05) is 30.3 Å².